The molecule has 5 heteroatoms. The van der Waals surface area contributed by atoms with Crippen molar-refractivity contribution >= 4 is 22.5 Å². The van der Waals surface area contributed by atoms with Gasteiger partial charge in [-0.1, -0.05) is 0 Å². The van der Waals surface area contributed by atoms with Gasteiger partial charge in [0.1, 0.15) is 5.75 Å². The molecule has 15 heavy (non-hydrogen) atoms. The molecule has 4 nitrogen and oxygen atoms in total. The molecule has 1 heterocycles. The Hall–Kier alpha value is -1.39. The molecular weight excluding hydrogens is 214 g/mol. The highest BCUT2D eigenvalue weighted by molar-refractivity contribution is 6.28. The van der Waals surface area contributed by atoms with Gasteiger partial charge in [-0.05, 0) is 36.7 Å². The molecule has 2 rings (SSSR count). The third-order valence-corrected chi connectivity index (χ3v) is 2.28. The lowest BCUT2D eigenvalue weighted by atomic mass is 10.1. The number of hydrogen-bond donors (Lipinski definition) is 2. The first-order chi connectivity index (χ1) is 7.08. The fraction of sp³-hybridized carbons (Fsp3) is 0.200. The third-order valence-electron chi connectivity index (χ3n) is 2.11. The van der Waals surface area contributed by atoms with Crippen molar-refractivity contribution in [2.45, 2.75) is 13.0 Å². The van der Waals surface area contributed by atoms with Crippen LogP contribution in [0.15, 0.2) is 18.2 Å². The zero-order chi connectivity index (χ0) is 11.0. The summed E-state index contributed by atoms with van der Waals surface area (Å²) in [6.07, 6.45) is 0. The Morgan fingerprint density at radius 3 is 2.80 bits per heavy atom. The number of aromatic hydroxyl groups is 1. The summed E-state index contributed by atoms with van der Waals surface area (Å²) in [4.78, 5) is 8.11. The predicted octanol–water partition coefficient (Wildman–Crippen LogP) is 2.01. The normalized spacial score (nSPS) is 13.0. The van der Waals surface area contributed by atoms with Gasteiger partial charge in [0.25, 0.3) is 0 Å². The van der Waals surface area contributed by atoms with E-state index in [-0.39, 0.29) is 17.1 Å². The molecule has 0 fully saturated rings. The molecular formula is C10H10ClN3O. The minimum absolute atomic E-state index is 0.162. The van der Waals surface area contributed by atoms with Gasteiger partial charge >= 0.3 is 0 Å². The highest BCUT2D eigenvalue weighted by atomic mass is 35.5. The largest absolute Gasteiger partial charge is 0.508 e. The molecule has 2 aromatic rings. The lowest BCUT2D eigenvalue weighted by Crippen LogP contribution is -2.09. The van der Waals surface area contributed by atoms with Gasteiger partial charge in [-0.2, -0.15) is 0 Å². The predicted molar refractivity (Wildman–Crippen MR) is 58.8 cm³/mol. The van der Waals surface area contributed by atoms with Crippen molar-refractivity contribution in [3.63, 3.8) is 0 Å². The topological polar surface area (TPSA) is 72.0 Å². The first-order valence-electron chi connectivity index (χ1n) is 4.49. The van der Waals surface area contributed by atoms with Gasteiger partial charge in [0.05, 0.1) is 11.2 Å². The van der Waals surface area contributed by atoms with Crippen LogP contribution < -0.4 is 5.73 Å². The monoisotopic (exact) mass is 223 g/mol. The van der Waals surface area contributed by atoms with Crippen LogP contribution in [-0.2, 0) is 0 Å². The van der Waals surface area contributed by atoms with Gasteiger partial charge in [-0.15, -0.1) is 0 Å². The van der Waals surface area contributed by atoms with Crippen LogP contribution in [0.2, 0.25) is 5.28 Å². The van der Waals surface area contributed by atoms with Crippen LogP contribution in [0, 0.1) is 0 Å². The highest BCUT2D eigenvalue weighted by Gasteiger charge is 2.10. The van der Waals surface area contributed by atoms with Crippen molar-refractivity contribution in [2.75, 3.05) is 0 Å². The number of nitrogens with zero attached hydrogens (tertiary/aromatic N) is 2. The summed E-state index contributed by atoms with van der Waals surface area (Å²) in [6, 6.07) is 4.57. The Balaban J connectivity index is 2.81. The van der Waals surface area contributed by atoms with E-state index >= 15 is 0 Å². The summed E-state index contributed by atoms with van der Waals surface area (Å²) in [7, 11) is 0. The van der Waals surface area contributed by atoms with E-state index in [9.17, 15) is 5.11 Å². The molecule has 1 unspecified atom stereocenters. The second-order valence-corrected chi connectivity index (χ2v) is 3.71. The lowest BCUT2D eigenvalue weighted by Gasteiger charge is -2.09. The van der Waals surface area contributed by atoms with Gasteiger partial charge < -0.3 is 10.8 Å². The second kappa shape index (κ2) is 3.64. The SMILES string of the molecule is CC(N)c1nc(Cl)nc2ccc(O)cc12. The molecule has 0 bridgehead atoms. The number of hydrogen-bond acceptors (Lipinski definition) is 4. The van der Waals surface area contributed by atoms with Crippen LogP contribution in [-0.4, -0.2) is 15.1 Å². The molecule has 0 saturated heterocycles. The Bertz CT molecular complexity index is 513. The maximum atomic E-state index is 9.38. The minimum atomic E-state index is -0.255. The molecule has 0 saturated carbocycles. The summed E-state index contributed by atoms with van der Waals surface area (Å²) in [5, 5.41) is 10.3. The van der Waals surface area contributed by atoms with E-state index in [1.54, 1.807) is 18.2 Å². The van der Waals surface area contributed by atoms with Gasteiger partial charge in [0, 0.05) is 11.4 Å². The number of rotatable bonds is 1. The average Bonchev–Trinajstić information content (AvgIpc) is 2.17. The molecule has 3 N–H and O–H groups in total. The van der Waals surface area contributed by atoms with Crippen molar-refractivity contribution in [1.82, 2.24) is 9.97 Å². The van der Waals surface area contributed by atoms with E-state index in [0.29, 0.717) is 11.2 Å². The molecule has 1 aromatic carbocycles. The fourth-order valence-electron chi connectivity index (χ4n) is 1.46. The van der Waals surface area contributed by atoms with Gasteiger partial charge in [-0.25, -0.2) is 9.97 Å². The minimum Gasteiger partial charge on any atom is -0.508 e. The van der Waals surface area contributed by atoms with E-state index in [4.69, 9.17) is 17.3 Å². The van der Waals surface area contributed by atoms with Crippen molar-refractivity contribution in [3.05, 3.63) is 29.2 Å². The molecule has 78 valence electrons. The van der Waals surface area contributed by atoms with Crippen LogP contribution in [0.5, 0.6) is 5.75 Å². The summed E-state index contributed by atoms with van der Waals surface area (Å²) >= 11 is 5.77. The number of benzene rings is 1. The molecule has 1 atom stereocenters. The van der Waals surface area contributed by atoms with E-state index in [0.717, 1.165) is 5.39 Å². The van der Waals surface area contributed by atoms with Gasteiger partial charge in [0.2, 0.25) is 5.28 Å². The molecule has 0 aliphatic rings. The summed E-state index contributed by atoms with van der Waals surface area (Å²) in [6.45, 7) is 1.81. The first kappa shape index (κ1) is 10.1. The fourth-order valence-corrected chi connectivity index (χ4v) is 1.64. The number of phenols is 1. The van der Waals surface area contributed by atoms with Gasteiger partial charge in [-0.3, -0.25) is 0 Å². The molecule has 0 amide bonds. The highest BCUT2D eigenvalue weighted by Crippen LogP contribution is 2.25. The Morgan fingerprint density at radius 1 is 1.40 bits per heavy atom. The Morgan fingerprint density at radius 2 is 2.13 bits per heavy atom. The molecule has 0 spiro atoms. The number of aromatic nitrogens is 2. The van der Waals surface area contributed by atoms with Crippen LogP contribution >= 0.6 is 11.6 Å². The van der Waals surface area contributed by atoms with Crippen LogP contribution in [0.1, 0.15) is 18.7 Å². The average molecular weight is 224 g/mol. The smallest absolute Gasteiger partial charge is 0.223 e. The molecule has 0 aliphatic heterocycles. The first-order valence-corrected chi connectivity index (χ1v) is 4.87. The van der Waals surface area contributed by atoms with Gasteiger partial charge in [0.15, 0.2) is 0 Å². The molecule has 1 aromatic heterocycles. The summed E-state index contributed by atoms with van der Waals surface area (Å²) < 4.78 is 0. The number of nitrogens with two attached hydrogens (primary N) is 1. The molecule has 0 aliphatic carbocycles. The number of phenolic OH excluding ortho intramolecular Hbond substituents is 1. The number of halogens is 1. The van der Waals surface area contributed by atoms with Crippen molar-refractivity contribution in [1.29, 1.82) is 0 Å². The van der Waals surface area contributed by atoms with Crippen LogP contribution in [0.25, 0.3) is 10.9 Å². The maximum absolute atomic E-state index is 9.38. The lowest BCUT2D eigenvalue weighted by molar-refractivity contribution is 0.476. The summed E-state index contributed by atoms with van der Waals surface area (Å²) in [5.74, 6) is 0.162. The zero-order valence-corrected chi connectivity index (χ0v) is 8.86. The Labute approximate surface area is 91.7 Å². The quantitative estimate of drug-likeness (QED) is 0.726. The zero-order valence-electron chi connectivity index (χ0n) is 8.11. The number of fused-ring (bicyclic) bond motifs is 1. The second-order valence-electron chi connectivity index (χ2n) is 3.37. The van der Waals surface area contributed by atoms with Crippen LogP contribution in [0.4, 0.5) is 0 Å². The van der Waals surface area contributed by atoms with Crippen molar-refractivity contribution in [3.8, 4) is 5.75 Å². The van der Waals surface area contributed by atoms with Crippen molar-refractivity contribution < 1.29 is 5.11 Å². The van der Waals surface area contributed by atoms with Crippen molar-refractivity contribution in [2.24, 2.45) is 5.73 Å². The van der Waals surface area contributed by atoms with E-state index in [2.05, 4.69) is 9.97 Å². The van der Waals surface area contributed by atoms with E-state index in [1.165, 1.54) is 0 Å². The maximum Gasteiger partial charge on any atom is 0.223 e. The van der Waals surface area contributed by atoms with Crippen LogP contribution in [0.3, 0.4) is 0 Å². The van der Waals surface area contributed by atoms with E-state index in [1.807, 2.05) is 6.92 Å². The standard InChI is InChI=1S/C10H10ClN3O/c1-5(12)9-7-4-6(15)2-3-8(7)13-10(11)14-9/h2-5,15H,12H2,1H3. The Kier molecular flexibility index (Phi) is 2.46. The third kappa shape index (κ3) is 1.86. The summed E-state index contributed by atoms with van der Waals surface area (Å²) in [5.41, 5.74) is 7.09. The van der Waals surface area contributed by atoms with E-state index < -0.39 is 0 Å². The molecule has 0 radical (unpaired) electrons.